The van der Waals surface area contributed by atoms with Crippen molar-refractivity contribution in [3.05, 3.63) is 93.5 Å². The first kappa shape index (κ1) is 22.1. The van der Waals surface area contributed by atoms with Crippen molar-refractivity contribution in [3.8, 4) is 10.4 Å². The lowest BCUT2D eigenvalue weighted by molar-refractivity contribution is -0.123. The van der Waals surface area contributed by atoms with E-state index in [0.29, 0.717) is 24.4 Å². The molecule has 0 aliphatic carbocycles. The van der Waals surface area contributed by atoms with Crippen LogP contribution in [0.25, 0.3) is 10.4 Å². The zero-order chi connectivity index (χ0) is 22.7. The molecular formula is C25H23ClN2O3S. The number of nitrogens with one attached hydrogen (secondary N) is 2. The topological polar surface area (TPSA) is 78.4 Å². The van der Waals surface area contributed by atoms with Gasteiger partial charge in [0.2, 0.25) is 0 Å². The molecule has 0 spiro atoms. The number of benzene rings is 2. The lowest BCUT2D eigenvalue weighted by atomic mass is 9.91. The van der Waals surface area contributed by atoms with Crippen molar-refractivity contribution in [2.24, 2.45) is 0 Å². The molecule has 0 fully saturated rings. The van der Waals surface area contributed by atoms with Crippen LogP contribution in [0.1, 0.15) is 17.4 Å². The Morgan fingerprint density at radius 1 is 1.09 bits per heavy atom. The van der Waals surface area contributed by atoms with E-state index >= 15 is 0 Å². The van der Waals surface area contributed by atoms with Crippen LogP contribution in [0.15, 0.2) is 78.1 Å². The van der Waals surface area contributed by atoms with Crippen molar-refractivity contribution in [2.75, 3.05) is 6.54 Å². The fourth-order valence-corrected chi connectivity index (χ4v) is 4.91. The number of rotatable bonds is 7. The standard InChI is InChI=1S/C25H23ClN2O3S/c1-25(15-16-5-3-2-4-6-16)22(29)21(24(31)28-25)23(30)27-14-13-19-11-12-20(32-19)17-7-9-18(26)10-8-17/h2-12,29H,13-15H2,1H3,(H,27,30)(H,28,31). The normalized spacial score (nSPS) is 18.0. The van der Waals surface area contributed by atoms with Crippen LogP contribution in [0.5, 0.6) is 0 Å². The van der Waals surface area contributed by atoms with Crippen molar-refractivity contribution in [1.29, 1.82) is 0 Å². The highest BCUT2D eigenvalue weighted by molar-refractivity contribution is 7.15. The van der Waals surface area contributed by atoms with Crippen LogP contribution >= 0.6 is 22.9 Å². The van der Waals surface area contributed by atoms with Gasteiger partial charge in [-0.05, 0) is 48.7 Å². The molecule has 2 aromatic carbocycles. The minimum atomic E-state index is -1.01. The van der Waals surface area contributed by atoms with Gasteiger partial charge >= 0.3 is 0 Å². The van der Waals surface area contributed by atoms with Crippen molar-refractivity contribution >= 4 is 34.8 Å². The Kier molecular flexibility index (Phi) is 6.35. The Morgan fingerprint density at radius 2 is 1.81 bits per heavy atom. The van der Waals surface area contributed by atoms with E-state index < -0.39 is 17.4 Å². The number of aliphatic hydroxyl groups is 1. The zero-order valence-corrected chi connectivity index (χ0v) is 19.1. The van der Waals surface area contributed by atoms with Crippen LogP contribution < -0.4 is 10.6 Å². The second-order valence-corrected chi connectivity index (χ2v) is 9.56. The molecule has 7 heteroatoms. The van der Waals surface area contributed by atoms with Gasteiger partial charge in [0.15, 0.2) is 0 Å². The summed E-state index contributed by atoms with van der Waals surface area (Å²) in [5, 5.41) is 16.9. The second-order valence-electron chi connectivity index (χ2n) is 7.95. The minimum absolute atomic E-state index is 0.212. The van der Waals surface area contributed by atoms with Crippen molar-refractivity contribution in [1.82, 2.24) is 10.6 Å². The number of carbonyl (C=O) groups excluding carboxylic acids is 2. The molecular weight excluding hydrogens is 444 g/mol. The second kappa shape index (κ2) is 9.18. The summed E-state index contributed by atoms with van der Waals surface area (Å²) in [6.07, 6.45) is 1.02. The van der Waals surface area contributed by atoms with Gasteiger partial charge in [0.1, 0.15) is 11.3 Å². The maximum atomic E-state index is 12.7. The first-order chi connectivity index (χ1) is 15.4. The molecule has 3 aromatic rings. The molecule has 3 N–H and O–H groups in total. The summed E-state index contributed by atoms with van der Waals surface area (Å²) in [6, 6.07) is 21.3. The van der Waals surface area contributed by atoms with Gasteiger partial charge in [0, 0.05) is 27.7 Å². The average molecular weight is 467 g/mol. The van der Waals surface area contributed by atoms with E-state index in [9.17, 15) is 14.7 Å². The average Bonchev–Trinajstić information content (AvgIpc) is 3.31. The maximum absolute atomic E-state index is 12.7. The molecule has 2 amide bonds. The highest BCUT2D eigenvalue weighted by Gasteiger charge is 2.44. The van der Waals surface area contributed by atoms with Crippen LogP contribution in [-0.2, 0) is 22.4 Å². The Morgan fingerprint density at radius 3 is 2.53 bits per heavy atom. The first-order valence-electron chi connectivity index (χ1n) is 10.3. The molecule has 0 radical (unpaired) electrons. The van der Waals surface area contributed by atoms with Crippen LogP contribution in [0, 0.1) is 0 Å². The zero-order valence-electron chi connectivity index (χ0n) is 17.5. The molecule has 1 unspecified atom stereocenters. The minimum Gasteiger partial charge on any atom is -0.509 e. The molecule has 1 atom stereocenters. The van der Waals surface area contributed by atoms with E-state index in [1.165, 1.54) is 0 Å². The Bertz CT molecular complexity index is 1170. The summed E-state index contributed by atoms with van der Waals surface area (Å²) in [5.41, 5.74) is 0.825. The van der Waals surface area contributed by atoms with Gasteiger partial charge in [-0.3, -0.25) is 9.59 Å². The Labute approximate surface area is 195 Å². The van der Waals surface area contributed by atoms with Crippen LogP contribution in [0.2, 0.25) is 5.02 Å². The number of thiophene rings is 1. The number of aliphatic hydroxyl groups excluding tert-OH is 1. The van der Waals surface area contributed by atoms with E-state index in [4.69, 9.17) is 11.6 Å². The van der Waals surface area contributed by atoms with Gasteiger partial charge in [-0.1, -0.05) is 54.1 Å². The molecule has 5 nitrogen and oxygen atoms in total. The molecule has 1 aliphatic heterocycles. The number of carbonyl (C=O) groups is 2. The van der Waals surface area contributed by atoms with Crippen molar-refractivity contribution in [2.45, 2.75) is 25.3 Å². The third-order valence-electron chi connectivity index (χ3n) is 5.45. The van der Waals surface area contributed by atoms with E-state index in [1.807, 2.05) is 66.7 Å². The number of halogens is 1. The predicted octanol–water partition coefficient (Wildman–Crippen LogP) is 4.67. The summed E-state index contributed by atoms with van der Waals surface area (Å²) < 4.78 is 0. The van der Waals surface area contributed by atoms with Crippen molar-refractivity contribution < 1.29 is 14.7 Å². The van der Waals surface area contributed by atoms with Crippen LogP contribution in [-0.4, -0.2) is 29.0 Å². The maximum Gasteiger partial charge on any atom is 0.261 e. The molecule has 32 heavy (non-hydrogen) atoms. The third-order valence-corrected chi connectivity index (χ3v) is 6.90. The highest BCUT2D eigenvalue weighted by atomic mass is 35.5. The monoisotopic (exact) mass is 466 g/mol. The lowest BCUT2D eigenvalue weighted by Crippen LogP contribution is -2.43. The van der Waals surface area contributed by atoms with Gasteiger partial charge in [0.25, 0.3) is 11.8 Å². The van der Waals surface area contributed by atoms with Gasteiger partial charge in [-0.25, -0.2) is 0 Å². The van der Waals surface area contributed by atoms with E-state index in [1.54, 1.807) is 18.3 Å². The first-order valence-corrected chi connectivity index (χ1v) is 11.5. The number of amides is 2. The largest absolute Gasteiger partial charge is 0.509 e. The smallest absolute Gasteiger partial charge is 0.261 e. The highest BCUT2D eigenvalue weighted by Crippen LogP contribution is 2.30. The summed E-state index contributed by atoms with van der Waals surface area (Å²) >= 11 is 7.59. The third kappa shape index (κ3) is 4.71. The molecule has 4 rings (SSSR count). The summed E-state index contributed by atoms with van der Waals surface area (Å²) in [7, 11) is 0. The molecule has 1 aromatic heterocycles. The fourth-order valence-electron chi connectivity index (χ4n) is 3.77. The summed E-state index contributed by atoms with van der Waals surface area (Å²) in [6.45, 7) is 2.08. The Balaban J connectivity index is 1.38. The predicted molar refractivity (Wildman–Crippen MR) is 128 cm³/mol. The van der Waals surface area contributed by atoms with Crippen LogP contribution in [0.4, 0.5) is 0 Å². The molecule has 0 saturated carbocycles. The van der Waals surface area contributed by atoms with Gasteiger partial charge < -0.3 is 15.7 Å². The van der Waals surface area contributed by atoms with Gasteiger partial charge in [0.05, 0.1) is 5.54 Å². The van der Waals surface area contributed by atoms with E-state index in [0.717, 1.165) is 20.9 Å². The lowest BCUT2D eigenvalue weighted by Gasteiger charge is -2.24. The number of hydrogen-bond donors (Lipinski definition) is 3. The van der Waals surface area contributed by atoms with Gasteiger partial charge in [-0.15, -0.1) is 11.3 Å². The van der Waals surface area contributed by atoms with Crippen LogP contribution in [0.3, 0.4) is 0 Å². The van der Waals surface area contributed by atoms with E-state index in [2.05, 4.69) is 10.6 Å². The molecule has 1 aliphatic rings. The quantitative estimate of drug-likeness (QED) is 0.443. The molecule has 2 heterocycles. The molecule has 0 saturated heterocycles. The van der Waals surface area contributed by atoms with Gasteiger partial charge in [-0.2, -0.15) is 0 Å². The van der Waals surface area contributed by atoms with Crippen molar-refractivity contribution in [3.63, 3.8) is 0 Å². The number of hydrogen-bond acceptors (Lipinski definition) is 4. The SMILES string of the molecule is CC1(Cc2ccccc2)NC(=O)C(C(=O)NCCc2ccc(-c3ccc(Cl)cc3)s2)=C1O. The Hall–Kier alpha value is -3.09. The summed E-state index contributed by atoms with van der Waals surface area (Å²) in [4.78, 5) is 27.3. The van der Waals surface area contributed by atoms with E-state index in [-0.39, 0.29) is 11.3 Å². The summed E-state index contributed by atoms with van der Waals surface area (Å²) in [5.74, 6) is -1.34. The molecule has 164 valence electrons. The molecule has 0 bridgehead atoms. The fraction of sp³-hybridized carbons (Fsp3) is 0.200.